The summed E-state index contributed by atoms with van der Waals surface area (Å²) in [5, 5.41) is 5.28. The fourth-order valence-electron chi connectivity index (χ4n) is 3.03. The predicted octanol–water partition coefficient (Wildman–Crippen LogP) is 7.68. The molecule has 0 saturated heterocycles. The molecule has 1 N–H and O–H groups in total. The Morgan fingerprint density at radius 2 is 1.55 bits per heavy atom. The Morgan fingerprint density at radius 3 is 2.28 bits per heavy atom. The highest BCUT2D eigenvalue weighted by Crippen LogP contribution is 2.34. The molecular weight excluding hydrogens is 429 g/mol. The highest BCUT2D eigenvalue weighted by Gasteiger charge is 2.12. The zero-order valence-electron chi connectivity index (χ0n) is 17.2. The van der Waals surface area contributed by atoms with Crippen LogP contribution in [0.25, 0.3) is 0 Å². The molecule has 3 nitrogen and oxygen atoms in total. The second-order valence-corrected chi connectivity index (χ2v) is 8.31. The normalized spacial score (nSPS) is 10.9. The van der Waals surface area contributed by atoms with Gasteiger partial charge in [-0.25, -0.2) is 0 Å². The molecule has 0 saturated carbocycles. The third-order valence-electron chi connectivity index (χ3n) is 4.75. The first-order valence-electron chi connectivity index (χ1n) is 10.2. The summed E-state index contributed by atoms with van der Waals surface area (Å²) in [5.74, 6) is 1.24. The molecule has 0 aliphatic carbocycles. The van der Waals surface area contributed by atoms with Crippen molar-refractivity contribution in [2.45, 2.75) is 58.6 Å². The molecular formula is C23H30Cl3NO2. The zero-order valence-corrected chi connectivity index (χ0v) is 19.5. The number of ether oxygens (including phenoxy) is 2. The van der Waals surface area contributed by atoms with Crippen molar-refractivity contribution in [3.05, 3.63) is 56.5 Å². The number of nitrogens with one attached hydrogen (secondary N) is 1. The van der Waals surface area contributed by atoms with Gasteiger partial charge in [-0.05, 0) is 36.7 Å². The van der Waals surface area contributed by atoms with Crippen molar-refractivity contribution >= 4 is 34.8 Å². The summed E-state index contributed by atoms with van der Waals surface area (Å²) in [6.07, 6.45) is 7.72. The number of methoxy groups -OCH3 is 1. The minimum Gasteiger partial charge on any atom is -0.493 e. The van der Waals surface area contributed by atoms with E-state index in [0.29, 0.717) is 39.7 Å². The van der Waals surface area contributed by atoms with Crippen molar-refractivity contribution in [1.29, 1.82) is 0 Å². The first-order chi connectivity index (χ1) is 14.0. The van der Waals surface area contributed by atoms with Crippen LogP contribution in [0, 0.1) is 0 Å². The molecule has 29 heavy (non-hydrogen) atoms. The lowest BCUT2D eigenvalue weighted by atomic mass is 10.1. The molecule has 0 unspecified atom stereocenters. The summed E-state index contributed by atoms with van der Waals surface area (Å²) < 4.78 is 11.4. The molecule has 6 heteroatoms. The van der Waals surface area contributed by atoms with Crippen LogP contribution in [0.1, 0.15) is 56.6 Å². The molecule has 0 radical (unpaired) electrons. The van der Waals surface area contributed by atoms with Gasteiger partial charge in [0, 0.05) is 33.2 Å². The molecule has 0 aromatic heterocycles. The molecule has 0 bridgehead atoms. The third-order valence-corrected chi connectivity index (χ3v) is 5.69. The average Bonchev–Trinajstić information content (AvgIpc) is 2.70. The maximum absolute atomic E-state index is 6.47. The van der Waals surface area contributed by atoms with Crippen molar-refractivity contribution in [2.75, 3.05) is 13.7 Å². The Labute approximate surface area is 189 Å². The van der Waals surface area contributed by atoms with E-state index in [1.165, 1.54) is 38.5 Å². The molecule has 0 spiro atoms. The molecule has 2 aromatic carbocycles. The molecule has 160 valence electrons. The van der Waals surface area contributed by atoms with Gasteiger partial charge in [0.25, 0.3) is 0 Å². The third kappa shape index (κ3) is 8.25. The van der Waals surface area contributed by atoms with Gasteiger partial charge in [-0.2, -0.15) is 0 Å². The first-order valence-corrected chi connectivity index (χ1v) is 11.3. The van der Waals surface area contributed by atoms with Gasteiger partial charge in [0.05, 0.1) is 7.11 Å². The van der Waals surface area contributed by atoms with Gasteiger partial charge in [0.15, 0.2) is 11.5 Å². The van der Waals surface area contributed by atoms with Gasteiger partial charge in [-0.15, -0.1) is 0 Å². The second-order valence-electron chi connectivity index (χ2n) is 7.06. The van der Waals surface area contributed by atoms with Crippen molar-refractivity contribution < 1.29 is 9.47 Å². The van der Waals surface area contributed by atoms with Crippen LogP contribution in [0.15, 0.2) is 30.3 Å². The highest BCUT2D eigenvalue weighted by molar-refractivity contribution is 6.35. The van der Waals surface area contributed by atoms with Crippen LogP contribution >= 0.6 is 34.8 Å². The van der Waals surface area contributed by atoms with Crippen LogP contribution in [-0.4, -0.2) is 13.7 Å². The van der Waals surface area contributed by atoms with Crippen LogP contribution in [0.2, 0.25) is 15.1 Å². The number of unbranched alkanes of at least 4 members (excludes halogenated alkanes) is 5. The topological polar surface area (TPSA) is 30.5 Å². The smallest absolute Gasteiger partial charge is 0.163 e. The number of hydrogen-bond donors (Lipinski definition) is 1. The maximum atomic E-state index is 6.47. The summed E-state index contributed by atoms with van der Waals surface area (Å²) in [6.45, 7) is 4.23. The molecule has 2 rings (SSSR count). The largest absolute Gasteiger partial charge is 0.493 e. The minimum absolute atomic E-state index is 0.304. The van der Waals surface area contributed by atoms with Gasteiger partial charge in [0.2, 0.25) is 0 Å². The Morgan fingerprint density at radius 1 is 0.828 bits per heavy atom. The van der Waals surface area contributed by atoms with Crippen LogP contribution < -0.4 is 14.8 Å². The van der Waals surface area contributed by atoms with Gasteiger partial charge in [-0.1, -0.05) is 79.9 Å². The first kappa shape index (κ1) is 24.1. The fourth-order valence-corrected chi connectivity index (χ4v) is 3.72. The molecule has 2 aromatic rings. The quantitative estimate of drug-likeness (QED) is 0.312. The standard InChI is InChI=1S/C23H30Cl3NO2/c1-3-4-5-6-7-8-11-27-15-18-12-22(28-2)23(14-21(18)26)29-16-17-9-10-19(24)13-20(17)25/h9-10,12-14,27H,3-8,11,15-16H2,1-2H3. The Hall–Kier alpha value is -1.13. The summed E-state index contributed by atoms with van der Waals surface area (Å²) in [7, 11) is 1.62. The number of benzene rings is 2. The van der Waals surface area contributed by atoms with E-state index in [1.54, 1.807) is 25.3 Å². The van der Waals surface area contributed by atoms with Crippen LogP contribution in [-0.2, 0) is 13.2 Å². The van der Waals surface area contributed by atoms with E-state index < -0.39 is 0 Å². The van der Waals surface area contributed by atoms with E-state index in [9.17, 15) is 0 Å². The van der Waals surface area contributed by atoms with E-state index in [1.807, 2.05) is 12.1 Å². The van der Waals surface area contributed by atoms with Crippen LogP contribution in [0.5, 0.6) is 11.5 Å². The number of rotatable bonds is 13. The Bertz CT molecular complexity index is 768. The monoisotopic (exact) mass is 457 g/mol. The molecule has 0 fully saturated rings. The van der Waals surface area contributed by atoms with Crippen molar-refractivity contribution in [2.24, 2.45) is 0 Å². The SMILES string of the molecule is CCCCCCCCNCc1cc(OC)c(OCc2ccc(Cl)cc2Cl)cc1Cl. The van der Waals surface area contributed by atoms with Crippen molar-refractivity contribution in [1.82, 2.24) is 5.32 Å². The lowest BCUT2D eigenvalue weighted by molar-refractivity contribution is 0.284. The molecule has 0 atom stereocenters. The minimum atomic E-state index is 0.304. The molecule has 0 aliphatic heterocycles. The molecule has 0 aliphatic rings. The fraction of sp³-hybridized carbons (Fsp3) is 0.478. The van der Waals surface area contributed by atoms with E-state index >= 15 is 0 Å². The van der Waals surface area contributed by atoms with Crippen LogP contribution in [0.4, 0.5) is 0 Å². The van der Waals surface area contributed by atoms with Crippen LogP contribution in [0.3, 0.4) is 0 Å². The number of hydrogen-bond acceptors (Lipinski definition) is 3. The van der Waals surface area contributed by atoms with E-state index in [2.05, 4.69) is 12.2 Å². The predicted molar refractivity (Wildman–Crippen MR) is 124 cm³/mol. The lowest BCUT2D eigenvalue weighted by Gasteiger charge is -2.15. The van der Waals surface area contributed by atoms with Gasteiger partial charge in [-0.3, -0.25) is 0 Å². The van der Waals surface area contributed by atoms with Gasteiger partial charge in [0.1, 0.15) is 6.61 Å². The zero-order chi connectivity index (χ0) is 21.1. The van der Waals surface area contributed by atoms with Crippen molar-refractivity contribution in [3.63, 3.8) is 0 Å². The molecule has 0 amide bonds. The highest BCUT2D eigenvalue weighted by atomic mass is 35.5. The maximum Gasteiger partial charge on any atom is 0.163 e. The Kier molecular flexibility index (Phi) is 11.0. The van der Waals surface area contributed by atoms with Gasteiger partial charge >= 0.3 is 0 Å². The van der Waals surface area contributed by atoms with E-state index in [4.69, 9.17) is 44.3 Å². The summed E-state index contributed by atoms with van der Waals surface area (Å²) in [6, 6.07) is 9.06. The summed E-state index contributed by atoms with van der Waals surface area (Å²) >= 11 is 18.6. The summed E-state index contributed by atoms with van der Waals surface area (Å²) in [5.41, 5.74) is 1.84. The van der Waals surface area contributed by atoms with Gasteiger partial charge < -0.3 is 14.8 Å². The lowest BCUT2D eigenvalue weighted by Crippen LogP contribution is -2.15. The second kappa shape index (κ2) is 13.2. The summed E-state index contributed by atoms with van der Waals surface area (Å²) in [4.78, 5) is 0. The average molecular weight is 459 g/mol. The Balaban J connectivity index is 1.87. The van der Waals surface area contributed by atoms with E-state index in [-0.39, 0.29) is 0 Å². The van der Waals surface area contributed by atoms with Crippen molar-refractivity contribution in [3.8, 4) is 11.5 Å². The number of halogens is 3. The molecule has 0 heterocycles. The van der Waals surface area contributed by atoms with E-state index in [0.717, 1.165) is 17.7 Å².